The minimum atomic E-state index is -0.0228. The van der Waals surface area contributed by atoms with Gasteiger partial charge in [-0.25, -0.2) is 4.98 Å². The number of hydrogen-bond donors (Lipinski definition) is 1. The molecule has 0 saturated heterocycles. The number of thiophene rings is 1. The molecule has 0 fully saturated rings. The molecule has 4 heteroatoms. The zero-order valence-corrected chi connectivity index (χ0v) is 11.0. The van der Waals surface area contributed by atoms with Crippen molar-refractivity contribution in [3.05, 3.63) is 23.7 Å². The fraction of sp³-hybridized carbons (Fsp3) is 0.417. The minimum absolute atomic E-state index is 0.0228. The molecular formula is C12H15ClN2S. The number of alkyl halides is 1. The quantitative estimate of drug-likeness (QED) is 0.831. The summed E-state index contributed by atoms with van der Waals surface area (Å²) in [4.78, 5) is 4.40. The molecule has 0 radical (unpaired) electrons. The first-order valence-corrected chi connectivity index (χ1v) is 6.70. The fourth-order valence-corrected chi connectivity index (χ4v) is 2.87. The number of fused-ring (bicyclic) bond motifs is 1. The van der Waals surface area contributed by atoms with Gasteiger partial charge in [0.2, 0.25) is 0 Å². The maximum Gasteiger partial charge on any atom is 0.135 e. The standard InChI is InChI=1S/C12H15ClN2S/c1-12(2,5-6-13)15-11-9-4-8-16-10(9)3-7-14-11/h3-4,7-8H,5-6H2,1-2H3,(H,14,15). The Bertz CT molecular complexity index is 479. The second-order valence-electron chi connectivity index (χ2n) is 4.44. The van der Waals surface area contributed by atoms with Crippen molar-refractivity contribution in [3.8, 4) is 0 Å². The monoisotopic (exact) mass is 254 g/mol. The van der Waals surface area contributed by atoms with Gasteiger partial charge in [-0.15, -0.1) is 22.9 Å². The average Bonchev–Trinajstić information content (AvgIpc) is 2.65. The number of pyridine rings is 1. The van der Waals surface area contributed by atoms with Gasteiger partial charge < -0.3 is 5.32 Å². The third-order valence-electron chi connectivity index (χ3n) is 2.56. The highest BCUT2D eigenvalue weighted by atomic mass is 35.5. The van der Waals surface area contributed by atoms with Gasteiger partial charge in [0.05, 0.1) is 0 Å². The normalized spacial score (nSPS) is 11.9. The Hall–Kier alpha value is -0.800. The molecule has 0 amide bonds. The third kappa shape index (κ3) is 2.47. The van der Waals surface area contributed by atoms with Gasteiger partial charge in [0.15, 0.2) is 0 Å². The van der Waals surface area contributed by atoms with Crippen molar-refractivity contribution in [3.63, 3.8) is 0 Å². The van der Waals surface area contributed by atoms with E-state index in [-0.39, 0.29) is 5.54 Å². The van der Waals surface area contributed by atoms with Crippen LogP contribution in [0.1, 0.15) is 20.3 Å². The van der Waals surface area contributed by atoms with Crippen LogP contribution in [0.25, 0.3) is 10.1 Å². The lowest BCUT2D eigenvalue weighted by Gasteiger charge is -2.26. The number of anilines is 1. The second kappa shape index (κ2) is 4.60. The summed E-state index contributed by atoms with van der Waals surface area (Å²) in [5.74, 6) is 1.61. The van der Waals surface area contributed by atoms with Crippen molar-refractivity contribution in [2.75, 3.05) is 11.2 Å². The highest BCUT2D eigenvalue weighted by Gasteiger charge is 2.18. The Morgan fingerprint density at radius 3 is 3.00 bits per heavy atom. The Labute approximate surface area is 105 Å². The molecule has 2 aromatic heterocycles. The van der Waals surface area contributed by atoms with E-state index in [0.29, 0.717) is 5.88 Å². The average molecular weight is 255 g/mol. The molecule has 0 aliphatic carbocycles. The number of nitrogens with one attached hydrogen (secondary N) is 1. The lowest BCUT2D eigenvalue weighted by Crippen LogP contribution is -2.31. The van der Waals surface area contributed by atoms with Gasteiger partial charge >= 0.3 is 0 Å². The first-order valence-electron chi connectivity index (χ1n) is 5.29. The van der Waals surface area contributed by atoms with Crippen LogP contribution in [0, 0.1) is 0 Å². The molecule has 2 nitrogen and oxygen atoms in total. The maximum atomic E-state index is 5.79. The van der Waals surface area contributed by atoms with E-state index < -0.39 is 0 Å². The third-order valence-corrected chi connectivity index (χ3v) is 3.63. The predicted molar refractivity (Wildman–Crippen MR) is 72.7 cm³/mol. The molecule has 0 bridgehead atoms. The highest BCUT2D eigenvalue weighted by molar-refractivity contribution is 7.17. The van der Waals surface area contributed by atoms with E-state index in [0.717, 1.165) is 12.2 Å². The summed E-state index contributed by atoms with van der Waals surface area (Å²) in [7, 11) is 0. The van der Waals surface area contributed by atoms with Gasteiger partial charge in [0.25, 0.3) is 0 Å². The molecule has 0 saturated carbocycles. The number of nitrogens with zero attached hydrogens (tertiary/aromatic N) is 1. The summed E-state index contributed by atoms with van der Waals surface area (Å²) in [5.41, 5.74) is -0.0228. The Balaban J connectivity index is 2.30. The van der Waals surface area contributed by atoms with E-state index in [4.69, 9.17) is 11.6 Å². The van der Waals surface area contributed by atoms with Crippen molar-refractivity contribution >= 4 is 38.8 Å². The Morgan fingerprint density at radius 1 is 1.44 bits per heavy atom. The minimum Gasteiger partial charge on any atom is -0.365 e. The molecule has 0 atom stereocenters. The molecule has 2 rings (SSSR count). The van der Waals surface area contributed by atoms with E-state index >= 15 is 0 Å². The van der Waals surface area contributed by atoms with E-state index in [1.54, 1.807) is 11.3 Å². The van der Waals surface area contributed by atoms with Crippen LogP contribution in [-0.2, 0) is 0 Å². The zero-order chi connectivity index (χ0) is 11.6. The van der Waals surface area contributed by atoms with E-state index in [1.165, 1.54) is 10.1 Å². The molecule has 86 valence electrons. The summed E-state index contributed by atoms with van der Waals surface area (Å²) in [6.07, 6.45) is 2.76. The first kappa shape index (κ1) is 11.7. The molecular weight excluding hydrogens is 240 g/mol. The van der Waals surface area contributed by atoms with Gasteiger partial charge in [-0.1, -0.05) is 0 Å². The van der Waals surface area contributed by atoms with Gasteiger partial charge in [0, 0.05) is 27.7 Å². The van der Waals surface area contributed by atoms with Gasteiger partial charge in [-0.3, -0.25) is 0 Å². The molecule has 2 heterocycles. The van der Waals surface area contributed by atoms with Crippen LogP contribution in [0.5, 0.6) is 0 Å². The van der Waals surface area contributed by atoms with Crippen LogP contribution in [0.4, 0.5) is 5.82 Å². The fourth-order valence-electron chi connectivity index (χ4n) is 1.61. The smallest absolute Gasteiger partial charge is 0.135 e. The van der Waals surface area contributed by atoms with Crippen LogP contribution in [-0.4, -0.2) is 16.4 Å². The second-order valence-corrected chi connectivity index (χ2v) is 5.77. The van der Waals surface area contributed by atoms with Crippen LogP contribution in [0.3, 0.4) is 0 Å². The molecule has 0 unspecified atom stereocenters. The zero-order valence-electron chi connectivity index (χ0n) is 9.46. The first-order chi connectivity index (χ1) is 7.62. The van der Waals surface area contributed by atoms with E-state index in [9.17, 15) is 0 Å². The largest absolute Gasteiger partial charge is 0.365 e. The molecule has 2 aromatic rings. The van der Waals surface area contributed by atoms with E-state index in [2.05, 4.69) is 35.6 Å². The van der Waals surface area contributed by atoms with E-state index in [1.807, 2.05) is 12.3 Å². The maximum absolute atomic E-state index is 5.79. The Kier molecular flexibility index (Phi) is 3.36. The van der Waals surface area contributed by atoms with Crippen LogP contribution < -0.4 is 5.32 Å². The summed E-state index contributed by atoms with van der Waals surface area (Å²) >= 11 is 7.53. The van der Waals surface area contributed by atoms with Gasteiger partial charge in [-0.05, 0) is 37.8 Å². The SMILES string of the molecule is CC(C)(CCCl)Nc1nccc2sccc12. The lowest BCUT2D eigenvalue weighted by atomic mass is 10.0. The number of halogens is 1. The van der Waals surface area contributed by atoms with Crippen molar-refractivity contribution in [2.45, 2.75) is 25.8 Å². The van der Waals surface area contributed by atoms with Gasteiger partial charge in [0.1, 0.15) is 5.82 Å². The van der Waals surface area contributed by atoms with Crippen molar-refractivity contribution < 1.29 is 0 Å². The summed E-state index contributed by atoms with van der Waals surface area (Å²) < 4.78 is 1.26. The van der Waals surface area contributed by atoms with Crippen molar-refractivity contribution in [1.82, 2.24) is 4.98 Å². The molecule has 16 heavy (non-hydrogen) atoms. The highest BCUT2D eigenvalue weighted by Crippen LogP contribution is 2.28. The molecule has 0 aromatic carbocycles. The molecule has 1 N–H and O–H groups in total. The Morgan fingerprint density at radius 2 is 2.25 bits per heavy atom. The number of rotatable bonds is 4. The predicted octanol–water partition coefficient (Wildman–Crippen LogP) is 4.12. The lowest BCUT2D eigenvalue weighted by molar-refractivity contribution is 0.549. The summed E-state index contributed by atoms with van der Waals surface area (Å²) in [6, 6.07) is 4.14. The topological polar surface area (TPSA) is 24.9 Å². The number of hydrogen-bond acceptors (Lipinski definition) is 3. The van der Waals surface area contributed by atoms with Crippen LogP contribution in [0.2, 0.25) is 0 Å². The van der Waals surface area contributed by atoms with Crippen LogP contribution in [0.15, 0.2) is 23.7 Å². The van der Waals surface area contributed by atoms with Crippen molar-refractivity contribution in [2.24, 2.45) is 0 Å². The molecule has 0 aliphatic rings. The van der Waals surface area contributed by atoms with Gasteiger partial charge in [-0.2, -0.15) is 0 Å². The molecule has 0 spiro atoms. The van der Waals surface area contributed by atoms with Crippen LogP contribution >= 0.6 is 22.9 Å². The molecule has 0 aliphatic heterocycles. The van der Waals surface area contributed by atoms with Crippen molar-refractivity contribution in [1.29, 1.82) is 0 Å². The summed E-state index contributed by atoms with van der Waals surface area (Å²) in [6.45, 7) is 4.28. The number of aromatic nitrogens is 1. The summed E-state index contributed by atoms with van der Waals surface area (Å²) in [5, 5.41) is 6.74.